The van der Waals surface area contributed by atoms with Crippen LogP contribution >= 0.6 is 0 Å². The fourth-order valence-corrected chi connectivity index (χ4v) is 3.73. The molecular weight excluding hydrogens is 324 g/mol. The monoisotopic (exact) mass is 354 g/mol. The first kappa shape index (κ1) is 19.1. The molecule has 1 aliphatic carbocycles. The van der Waals surface area contributed by atoms with Crippen LogP contribution in [0.1, 0.15) is 49.0 Å². The molecule has 2 aromatic rings. The van der Waals surface area contributed by atoms with Crippen LogP contribution in [-0.4, -0.2) is 35.4 Å². The van der Waals surface area contributed by atoms with Crippen LogP contribution in [0.15, 0.2) is 60.7 Å². The largest absolute Gasteiger partial charge is 0.387 e. The molecule has 0 radical (unpaired) electrons. The molecule has 0 amide bonds. The van der Waals surface area contributed by atoms with Gasteiger partial charge in [-0.3, -0.25) is 0 Å². The maximum atomic E-state index is 10.4. The van der Waals surface area contributed by atoms with Gasteiger partial charge in [0.2, 0.25) is 0 Å². The highest BCUT2D eigenvalue weighted by molar-refractivity contribution is 5.18. The Morgan fingerprint density at radius 1 is 0.692 bits per heavy atom. The number of nitrogens with one attached hydrogen (secondary N) is 2. The summed E-state index contributed by atoms with van der Waals surface area (Å²) in [4.78, 5) is 0. The smallest absolute Gasteiger partial charge is 0.0914 e. The zero-order valence-electron chi connectivity index (χ0n) is 15.2. The molecule has 0 heterocycles. The van der Waals surface area contributed by atoms with E-state index >= 15 is 0 Å². The lowest BCUT2D eigenvalue weighted by molar-refractivity contribution is 0.145. The molecule has 0 unspecified atom stereocenters. The summed E-state index contributed by atoms with van der Waals surface area (Å²) in [6.07, 6.45) is 3.63. The van der Waals surface area contributed by atoms with Crippen molar-refractivity contribution in [2.24, 2.45) is 0 Å². The molecule has 1 saturated carbocycles. The summed E-state index contributed by atoms with van der Waals surface area (Å²) in [5.41, 5.74) is 1.89. The third kappa shape index (κ3) is 5.39. The zero-order chi connectivity index (χ0) is 18.2. The van der Waals surface area contributed by atoms with Crippen LogP contribution in [0.5, 0.6) is 0 Å². The molecule has 0 spiro atoms. The van der Waals surface area contributed by atoms with Gasteiger partial charge >= 0.3 is 0 Å². The Hall–Kier alpha value is -1.72. The second kappa shape index (κ2) is 9.83. The average molecular weight is 354 g/mol. The minimum atomic E-state index is -0.492. The van der Waals surface area contributed by atoms with Crippen LogP contribution in [0.4, 0.5) is 0 Å². The molecule has 4 heteroatoms. The Morgan fingerprint density at radius 2 is 1.08 bits per heavy atom. The SMILES string of the molecule is O[C@H](CN[C@@H]1CCCC[C@H]1NC[C@@H](O)c1ccccc1)c1ccccc1. The lowest BCUT2D eigenvalue weighted by Crippen LogP contribution is -2.51. The Morgan fingerprint density at radius 3 is 1.46 bits per heavy atom. The van der Waals surface area contributed by atoms with E-state index in [9.17, 15) is 10.2 Å². The standard InChI is InChI=1S/C22H30N2O2/c25-21(17-9-3-1-4-10-17)15-23-19-13-7-8-14-20(19)24-16-22(26)18-11-5-2-6-12-18/h1-6,9-12,19-26H,7-8,13-16H2/t19-,20-,21-,22-/m1/s1. The molecule has 4 nitrogen and oxygen atoms in total. The van der Waals surface area contributed by atoms with Crippen molar-refractivity contribution in [1.29, 1.82) is 0 Å². The highest BCUT2D eigenvalue weighted by Gasteiger charge is 2.25. The fraction of sp³-hybridized carbons (Fsp3) is 0.455. The molecule has 0 saturated heterocycles. The van der Waals surface area contributed by atoms with Crippen molar-refractivity contribution in [3.05, 3.63) is 71.8 Å². The lowest BCUT2D eigenvalue weighted by atomic mass is 9.89. The third-order valence-electron chi connectivity index (χ3n) is 5.28. The van der Waals surface area contributed by atoms with Gasteiger partial charge in [-0.2, -0.15) is 0 Å². The topological polar surface area (TPSA) is 64.5 Å². The van der Waals surface area contributed by atoms with Crippen molar-refractivity contribution in [2.75, 3.05) is 13.1 Å². The van der Waals surface area contributed by atoms with Crippen LogP contribution in [0.2, 0.25) is 0 Å². The van der Waals surface area contributed by atoms with E-state index in [4.69, 9.17) is 0 Å². The van der Waals surface area contributed by atoms with Crippen molar-refractivity contribution in [3.63, 3.8) is 0 Å². The van der Waals surface area contributed by atoms with Gasteiger partial charge in [0, 0.05) is 25.2 Å². The Labute approximate surface area is 156 Å². The molecule has 26 heavy (non-hydrogen) atoms. The van der Waals surface area contributed by atoms with E-state index < -0.39 is 12.2 Å². The maximum Gasteiger partial charge on any atom is 0.0914 e. The van der Waals surface area contributed by atoms with Gasteiger partial charge in [-0.05, 0) is 24.0 Å². The lowest BCUT2D eigenvalue weighted by Gasteiger charge is -2.34. The van der Waals surface area contributed by atoms with E-state index in [0.717, 1.165) is 24.0 Å². The molecule has 2 aromatic carbocycles. The first-order valence-electron chi connectivity index (χ1n) is 9.67. The molecular formula is C22H30N2O2. The van der Waals surface area contributed by atoms with E-state index in [1.807, 2.05) is 60.7 Å². The summed E-state index contributed by atoms with van der Waals surface area (Å²) in [7, 11) is 0. The Bertz CT molecular complexity index is 578. The predicted octanol–water partition coefficient (Wildman–Crippen LogP) is 2.94. The minimum Gasteiger partial charge on any atom is -0.387 e. The number of benzene rings is 2. The Balaban J connectivity index is 1.49. The maximum absolute atomic E-state index is 10.4. The highest BCUT2D eigenvalue weighted by Crippen LogP contribution is 2.21. The second-order valence-electron chi connectivity index (χ2n) is 7.17. The number of hydrogen-bond donors (Lipinski definition) is 4. The zero-order valence-corrected chi connectivity index (χ0v) is 15.2. The summed E-state index contributed by atoms with van der Waals surface area (Å²) in [5.74, 6) is 0. The van der Waals surface area contributed by atoms with Gasteiger partial charge in [-0.15, -0.1) is 0 Å². The van der Waals surface area contributed by atoms with Gasteiger partial charge in [-0.25, -0.2) is 0 Å². The van der Waals surface area contributed by atoms with Gasteiger partial charge in [-0.1, -0.05) is 73.5 Å². The summed E-state index contributed by atoms with van der Waals surface area (Å²) in [6.45, 7) is 1.10. The average Bonchev–Trinajstić information content (AvgIpc) is 2.72. The minimum absolute atomic E-state index is 0.324. The molecule has 4 atom stereocenters. The number of rotatable bonds is 8. The number of aliphatic hydroxyl groups is 2. The predicted molar refractivity (Wildman–Crippen MR) is 105 cm³/mol. The quantitative estimate of drug-likeness (QED) is 0.589. The normalized spacial score (nSPS) is 22.7. The van der Waals surface area contributed by atoms with Crippen LogP contribution in [-0.2, 0) is 0 Å². The van der Waals surface area contributed by atoms with Crippen LogP contribution < -0.4 is 10.6 Å². The van der Waals surface area contributed by atoms with Gasteiger partial charge in [0.1, 0.15) is 0 Å². The third-order valence-corrected chi connectivity index (χ3v) is 5.28. The van der Waals surface area contributed by atoms with E-state index in [-0.39, 0.29) is 0 Å². The van der Waals surface area contributed by atoms with Gasteiger partial charge < -0.3 is 20.8 Å². The van der Waals surface area contributed by atoms with Gasteiger partial charge in [0.15, 0.2) is 0 Å². The summed E-state index contributed by atoms with van der Waals surface area (Å²) in [6, 6.07) is 20.2. The molecule has 3 rings (SSSR count). The van der Waals surface area contributed by atoms with Crippen molar-refractivity contribution in [2.45, 2.75) is 50.0 Å². The summed E-state index contributed by atoms with van der Waals surface area (Å²) < 4.78 is 0. The molecule has 1 fully saturated rings. The molecule has 0 aromatic heterocycles. The van der Waals surface area contributed by atoms with Crippen molar-refractivity contribution >= 4 is 0 Å². The van der Waals surface area contributed by atoms with Crippen molar-refractivity contribution in [3.8, 4) is 0 Å². The second-order valence-corrected chi connectivity index (χ2v) is 7.17. The van der Waals surface area contributed by atoms with E-state index in [1.54, 1.807) is 0 Å². The summed E-state index contributed by atoms with van der Waals surface area (Å²) >= 11 is 0. The number of hydrogen-bond acceptors (Lipinski definition) is 4. The first-order chi connectivity index (χ1) is 12.7. The van der Waals surface area contributed by atoms with Crippen LogP contribution in [0.3, 0.4) is 0 Å². The van der Waals surface area contributed by atoms with E-state index in [2.05, 4.69) is 10.6 Å². The van der Waals surface area contributed by atoms with E-state index in [0.29, 0.717) is 25.2 Å². The summed E-state index contributed by atoms with van der Waals surface area (Å²) in [5, 5.41) is 27.8. The molecule has 140 valence electrons. The first-order valence-corrected chi connectivity index (χ1v) is 9.67. The van der Waals surface area contributed by atoms with Crippen LogP contribution in [0.25, 0.3) is 0 Å². The molecule has 0 bridgehead atoms. The highest BCUT2D eigenvalue weighted by atomic mass is 16.3. The molecule has 1 aliphatic rings. The van der Waals surface area contributed by atoms with Crippen molar-refractivity contribution < 1.29 is 10.2 Å². The van der Waals surface area contributed by atoms with Crippen molar-refractivity contribution in [1.82, 2.24) is 10.6 Å². The molecule has 4 N–H and O–H groups in total. The van der Waals surface area contributed by atoms with E-state index in [1.165, 1.54) is 12.8 Å². The fourth-order valence-electron chi connectivity index (χ4n) is 3.73. The van der Waals surface area contributed by atoms with Crippen LogP contribution in [0, 0.1) is 0 Å². The number of aliphatic hydroxyl groups excluding tert-OH is 2. The Kier molecular flexibility index (Phi) is 7.21. The molecule has 0 aliphatic heterocycles. The van der Waals surface area contributed by atoms with Gasteiger partial charge in [0.05, 0.1) is 12.2 Å². The van der Waals surface area contributed by atoms with Gasteiger partial charge in [0.25, 0.3) is 0 Å².